The molecule has 1 aromatic rings. The fraction of sp³-hybridized carbons (Fsp3) is 0.647. The van der Waals surface area contributed by atoms with E-state index in [0.29, 0.717) is 0 Å². The molecule has 1 N–H and O–H groups in total. The van der Waals surface area contributed by atoms with Crippen LogP contribution in [0.1, 0.15) is 56.3 Å². The monoisotopic (exact) mass is 259 g/mol. The normalized spacial score (nSPS) is 25.8. The molecule has 0 amide bonds. The summed E-state index contributed by atoms with van der Waals surface area (Å²) < 4.78 is 6.46. The van der Waals surface area contributed by atoms with Crippen LogP contribution in [0, 0.1) is 0 Å². The van der Waals surface area contributed by atoms with E-state index in [1.54, 1.807) is 0 Å². The largest absolute Gasteiger partial charge is 0.364 e. The Labute approximate surface area is 116 Å². The van der Waals surface area contributed by atoms with E-state index in [9.17, 15) is 0 Å². The van der Waals surface area contributed by atoms with E-state index >= 15 is 0 Å². The number of ether oxygens (including phenoxy) is 1. The van der Waals surface area contributed by atoms with Crippen molar-refractivity contribution in [1.82, 2.24) is 5.32 Å². The van der Waals surface area contributed by atoms with Gasteiger partial charge in [0.15, 0.2) is 0 Å². The predicted octanol–water partition coefficient (Wildman–Crippen LogP) is 3.61. The highest BCUT2D eigenvalue weighted by atomic mass is 16.5. The molecule has 1 aliphatic carbocycles. The molecule has 1 unspecified atom stereocenters. The fourth-order valence-corrected chi connectivity index (χ4v) is 3.50. The maximum absolute atomic E-state index is 6.46. The highest BCUT2D eigenvalue weighted by Crippen LogP contribution is 2.39. The topological polar surface area (TPSA) is 21.3 Å². The molecule has 2 fully saturated rings. The summed E-state index contributed by atoms with van der Waals surface area (Å²) in [4.78, 5) is 0. The standard InChI is InChI=1S/C17H25NO/c1-2-5-14-6-8-15(9-7-14)16-12-18-13-17(19-16)10-3-4-11-17/h6-9,16,18H,2-5,10-13H2,1H3. The maximum atomic E-state index is 6.46. The van der Waals surface area contributed by atoms with Gasteiger partial charge >= 0.3 is 0 Å². The van der Waals surface area contributed by atoms with Crippen LogP contribution in [0.15, 0.2) is 24.3 Å². The molecule has 104 valence electrons. The summed E-state index contributed by atoms with van der Waals surface area (Å²) in [5.41, 5.74) is 2.90. The average molecular weight is 259 g/mol. The molecular formula is C17H25NO. The third kappa shape index (κ3) is 2.85. The number of hydrogen-bond donors (Lipinski definition) is 1. The summed E-state index contributed by atoms with van der Waals surface area (Å²) in [5, 5.41) is 3.58. The Kier molecular flexibility index (Phi) is 3.90. The van der Waals surface area contributed by atoms with E-state index in [-0.39, 0.29) is 11.7 Å². The van der Waals surface area contributed by atoms with Crippen LogP contribution in [0.5, 0.6) is 0 Å². The Morgan fingerprint density at radius 1 is 1.21 bits per heavy atom. The minimum absolute atomic E-state index is 0.130. The molecule has 0 radical (unpaired) electrons. The first-order valence-electron chi connectivity index (χ1n) is 7.79. The Bertz CT molecular complexity index is 406. The molecule has 1 saturated heterocycles. The van der Waals surface area contributed by atoms with Gasteiger partial charge in [0, 0.05) is 13.1 Å². The third-order valence-electron chi connectivity index (χ3n) is 4.57. The molecule has 19 heavy (non-hydrogen) atoms. The van der Waals surface area contributed by atoms with Crippen molar-refractivity contribution < 1.29 is 4.74 Å². The minimum atomic E-state index is 0.130. The van der Waals surface area contributed by atoms with Crippen molar-refractivity contribution in [2.45, 2.75) is 57.2 Å². The number of rotatable bonds is 3. The van der Waals surface area contributed by atoms with E-state index < -0.39 is 0 Å². The van der Waals surface area contributed by atoms with E-state index in [4.69, 9.17) is 4.74 Å². The van der Waals surface area contributed by atoms with Crippen LogP contribution in [0.3, 0.4) is 0 Å². The molecule has 1 heterocycles. The number of morpholine rings is 1. The van der Waals surface area contributed by atoms with Crippen LogP contribution in [0.25, 0.3) is 0 Å². The molecule has 0 bridgehead atoms. The molecule has 1 aliphatic heterocycles. The smallest absolute Gasteiger partial charge is 0.0957 e. The second kappa shape index (κ2) is 5.64. The lowest BCUT2D eigenvalue weighted by atomic mass is 9.97. The first-order valence-corrected chi connectivity index (χ1v) is 7.79. The van der Waals surface area contributed by atoms with Crippen LogP contribution in [-0.2, 0) is 11.2 Å². The van der Waals surface area contributed by atoms with Crippen molar-refractivity contribution in [3.8, 4) is 0 Å². The van der Waals surface area contributed by atoms with Gasteiger partial charge in [-0.3, -0.25) is 0 Å². The van der Waals surface area contributed by atoms with Gasteiger partial charge in [0.05, 0.1) is 11.7 Å². The van der Waals surface area contributed by atoms with Gasteiger partial charge in [0.1, 0.15) is 0 Å². The summed E-state index contributed by atoms with van der Waals surface area (Å²) >= 11 is 0. The van der Waals surface area contributed by atoms with Gasteiger partial charge in [0.2, 0.25) is 0 Å². The molecule has 0 aromatic heterocycles. The molecule has 1 aromatic carbocycles. The molecule has 1 saturated carbocycles. The van der Waals surface area contributed by atoms with Crippen LogP contribution in [-0.4, -0.2) is 18.7 Å². The van der Waals surface area contributed by atoms with Gasteiger partial charge in [-0.05, 0) is 30.4 Å². The number of benzene rings is 1. The second-order valence-electron chi connectivity index (χ2n) is 6.12. The minimum Gasteiger partial charge on any atom is -0.364 e. The Morgan fingerprint density at radius 3 is 2.63 bits per heavy atom. The van der Waals surface area contributed by atoms with Gasteiger partial charge in [-0.2, -0.15) is 0 Å². The van der Waals surface area contributed by atoms with Crippen molar-refractivity contribution in [3.05, 3.63) is 35.4 Å². The molecule has 2 aliphatic rings. The quantitative estimate of drug-likeness (QED) is 0.895. The zero-order valence-corrected chi connectivity index (χ0v) is 12.0. The third-order valence-corrected chi connectivity index (χ3v) is 4.57. The maximum Gasteiger partial charge on any atom is 0.0957 e. The predicted molar refractivity (Wildman–Crippen MR) is 78.3 cm³/mol. The highest BCUT2D eigenvalue weighted by molar-refractivity contribution is 5.25. The summed E-state index contributed by atoms with van der Waals surface area (Å²) in [5.74, 6) is 0. The Morgan fingerprint density at radius 2 is 1.95 bits per heavy atom. The second-order valence-corrected chi connectivity index (χ2v) is 6.12. The summed E-state index contributed by atoms with van der Waals surface area (Å²) in [7, 11) is 0. The number of hydrogen-bond acceptors (Lipinski definition) is 2. The van der Waals surface area contributed by atoms with E-state index in [1.807, 2.05) is 0 Å². The van der Waals surface area contributed by atoms with Crippen LogP contribution < -0.4 is 5.32 Å². The van der Waals surface area contributed by atoms with Crippen molar-refractivity contribution in [2.24, 2.45) is 0 Å². The molecule has 3 rings (SSSR count). The highest BCUT2D eigenvalue weighted by Gasteiger charge is 2.39. The lowest BCUT2D eigenvalue weighted by Crippen LogP contribution is -2.49. The van der Waals surface area contributed by atoms with Crippen molar-refractivity contribution >= 4 is 0 Å². The Hall–Kier alpha value is -0.860. The van der Waals surface area contributed by atoms with Crippen molar-refractivity contribution in [1.29, 1.82) is 0 Å². The van der Waals surface area contributed by atoms with Gasteiger partial charge in [0.25, 0.3) is 0 Å². The van der Waals surface area contributed by atoms with Crippen LogP contribution in [0.4, 0.5) is 0 Å². The van der Waals surface area contributed by atoms with E-state index in [0.717, 1.165) is 13.1 Å². The first kappa shape index (κ1) is 13.1. The summed E-state index contributed by atoms with van der Waals surface area (Å²) in [6.07, 6.45) is 7.73. The van der Waals surface area contributed by atoms with Gasteiger partial charge < -0.3 is 10.1 Å². The fourth-order valence-electron chi connectivity index (χ4n) is 3.50. The van der Waals surface area contributed by atoms with Crippen molar-refractivity contribution in [2.75, 3.05) is 13.1 Å². The summed E-state index contributed by atoms with van der Waals surface area (Å²) in [6.45, 7) is 4.22. The van der Waals surface area contributed by atoms with Gasteiger partial charge in [-0.25, -0.2) is 0 Å². The lowest BCUT2D eigenvalue weighted by Gasteiger charge is -2.39. The van der Waals surface area contributed by atoms with Gasteiger partial charge in [-0.1, -0.05) is 50.5 Å². The average Bonchev–Trinajstić information content (AvgIpc) is 2.88. The SMILES string of the molecule is CCCc1ccc(C2CNCC3(CCCC3)O2)cc1. The molecule has 2 heteroatoms. The van der Waals surface area contributed by atoms with E-state index in [1.165, 1.54) is 49.7 Å². The lowest BCUT2D eigenvalue weighted by molar-refractivity contribution is -0.114. The zero-order chi connectivity index (χ0) is 13.1. The zero-order valence-electron chi connectivity index (χ0n) is 12.0. The number of nitrogens with one attached hydrogen (secondary N) is 1. The van der Waals surface area contributed by atoms with Crippen molar-refractivity contribution in [3.63, 3.8) is 0 Å². The molecular weight excluding hydrogens is 234 g/mol. The van der Waals surface area contributed by atoms with Crippen LogP contribution >= 0.6 is 0 Å². The van der Waals surface area contributed by atoms with E-state index in [2.05, 4.69) is 36.5 Å². The van der Waals surface area contributed by atoms with Gasteiger partial charge in [-0.15, -0.1) is 0 Å². The Balaban J connectivity index is 1.70. The number of aryl methyl sites for hydroxylation is 1. The molecule has 1 spiro atoms. The van der Waals surface area contributed by atoms with Crippen LogP contribution in [0.2, 0.25) is 0 Å². The summed E-state index contributed by atoms with van der Waals surface area (Å²) in [6, 6.07) is 9.03. The molecule has 2 nitrogen and oxygen atoms in total. The molecule has 1 atom stereocenters. The first-order chi connectivity index (χ1) is 9.31.